The fraction of sp³-hybridized carbons (Fsp3) is 0.867. The maximum absolute atomic E-state index is 12.7. The van der Waals surface area contributed by atoms with Gasteiger partial charge >= 0.3 is 7.60 Å². The van der Waals surface area contributed by atoms with E-state index in [1.54, 1.807) is 0 Å². The van der Waals surface area contributed by atoms with Crippen LogP contribution in [0, 0.1) is 0 Å². The molecule has 0 radical (unpaired) electrons. The number of quaternary nitrogens is 1. The van der Waals surface area contributed by atoms with Crippen LogP contribution in [0.4, 0.5) is 0 Å². The summed E-state index contributed by atoms with van der Waals surface area (Å²) < 4.78 is 18.6. The molecule has 0 aliphatic heterocycles. The average molecular weight is 515 g/mol. The molecule has 4 nitrogen and oxygen atoms in total. The summed E-state index contributed by atoms with van der Waals surface area (Å²) in [5.74, 6) is -0.338. The van der Waals surface area contributed by atoms with E-state index < -0.39 is 7.60 Å². The van der Waals surface area contributed by atoms with E-state index in [-0.39, 0.29) is 5.78 Å². The Kier molecular flexibility index (Phi) is 22.5. The molecule has 0 rings (SSSR count). The maximum atomic E-state index is 12.7. The molecule has 2 unspecified atom stereocenters. The van der Waals surface area contributed by atoms with Gasteiger partial charge in [-0.3, -0.25) is 4.57 Å². The molecule has 0 saturated carbocycles. The van der Waals surface area contributed by atoms with Crippen LogP contribution in [0.2, 0.25) is 0 Å². The summed E-state index contributed by atoms with van der Waals surface area (Å²) in [6.07, 6.45) is 31.4. The number of nitrogens with zero attached hydrogens (tertiary/aromatic N) is 1. The molecule has 0 aromatic carbocycles. The topological polar surface area (TPSA) is 46.5 Å². The van der Waals surface area contributed by atoms with E-state index in [2.05, 4.69) is 25.7 Å². The quantitative estimate of drug-likeness (QED) is 0.0541. The summed E-state index contributed by atoms with van der Waals surface area (Å²) in [5.41, 5.74) is 0. The van der Waals surface area contributed by atoms with Crippen molar-refractivity contribution in [1.82, 2.24) is 0 Å². The minimum absolute atomic E-state index is 0.338. The van der Waals surface area contributed by atoms with Gasteiger partial charge in [0.05, 0.1) is 27.7 Å². The Labute approximate surface area is 219 Å². The Morgan fingerprint density at radius 3 is 1.54 bits per heavy atom. The van der Waals surface area contributed by atoms with Crippen LogP contribution in [0.3, 0.4) is 0 Å². The first-order valence-corrected chi connectivity index (χ1v) is 16.4. The summed E-state index contributed by atoms with van der Waals surface area (Å²) >= 11 is 0. The first-order chi connectivity index (χ1) is 16.8. The average Bonchev–Trinajstić information content (AvgIpc) is 2.80. The van der Waals surface area contributed by atoms with Gasteiger partial charge in [0.25, 0.3) is 0 Å². The van der Waals surface area contributed by atoms with Crippen LogP contribution in [-0.4, -0.2) is 42.9 Å². The van der Waals surface area contributed by atoms with Crippen molar-refractivity contribution in [2.75, 3.05) is 27.7 Å². The van der Waals surface area contributed by atoms with Gasteiger partial charge < -0.3 is 13.9 Å². The van der Waals surface area contributed by atoms with Gasteiger partial charge in [-0.1, -0.05) is 95.8 Å². The predicted octanol–water partition coefficient (Wildman–Crippen LogP) is 9.78. The second-order valence-electron chi connectivity index (χ2n) is 11.2. The summed E-state index contributed by atoms with van der Waals surface area (Å²) in [5, 5.41) is 0. The molecule has 0 aromatic heterocycles. The number of hydrogen-bond acceptors (Lipinski definition) is 2. The van der Waals surface area contributed by atoms with E-state index in [9.17, 15) is 9.46 Å². The Bertz CT molecular complexity index is 556. The third kappa shape index (κ3) is 21.4. The molecular weight excluding hydrogens is 453 g/mol. The lowest BCUT2D eigenvalue weighted by Gasteiger charge is -2.35. The third-order valence-corrected chi connectivity index (χ3v) is 9.06. The zero-order valence-electron chi connectivity index (χ0n) is 24.0. The van der Waals surface area contributed by atoms with Crippen LogP contribution in [0.1, 0.15) is 135 Å². The molecule has 0 amide bonds. The molecule has 0 fully saturated rings. The first-order valence-electron chi connectivity index (χ1n) is 14.8. The van der Waals surface area contributed by atoms with Gasteiger partial charge in [-0.25, -0.2) is 0 Å². The van der Waals surface area contributed by atoms with E-state index >= 15 is 0 Å². The highest BCUT2D eigenvalue weighted by Crippen LogP contribution is 2.51. The smallest absolute Gasteiger partial charge is 0.320 e. The van der Waals surface area contributed by atoms with Crippen molar-refractivity contribution in [3.8, 4) is 0 Å². The second kappa shape index (κ2) is 22.8. The number of unbranched alkanes of at least 4 members (excludes halogenated alkanes) is 16. The molecule has 0 aliphatic carbocycles. The highest BCUT2D eigenvalue weighted by Gasteiger charge is 2.41. The summed E-state index contributed by atoms with van der Waals surface area (Å²) in [7, 11) is 2.34. The standard InChI is InChI=1S/C30H60NO3P/c1-6-8-9-10-11-12-13-14-15-16-17-18-19-20-21-22-23-24-25-26-27-29-34-35(32,33)30(28-7-2)31(3,4)5/h6,17-18,30H,1,7-16,19-29H2,2-5H3/p+1. The van der Waals surface area contributed by atoms with Gasteiger partial charge in [-0.15, -0.1) is 6.58 Å². The molecule has 0 bridgehead atoms. The minimum atomic E-state index is -3.57. The van der Waals surface area contributed by atoms with Gasteiger partial charge in [0, 0.05) is 6.42 Å². The Morgan fingerprint density at radius 1 is 0.743 bits per heavy atom. The van der Waals surface area contributed by atoms with Crippen molar-refractivity contribution >= 4 is 7.60 Å². The molecule has 5 heteroatoms. The molecule has 0 aromatic rings. The van der Waals surface area contributed by atoms with Crippen molar-refractivity contribution in [2.45, 2.75) is 141 Å². The number of allylic oxidation sites excluding steroid dienone is 3. The Hall–Kier alpha value is -0.410. The summed E-state index contributed by atoms with van der Waals surface area (Å²) in [6.45, 7) is 6.23. The normalized spacial score (nSPS) is 14.9. The summed E-state index contributed by atoms with van der Waals surface area (Å²) in [4.78, 5) is 10.4. The van der Waals surface area contributed by atoms with E-state index in [1.165, 1.54) is 103 Å². The Balaban J connectivity index is 3.48. The molecule has 0 saturated heterocycles. The minimum Gasteiger partial charge on any atom is -0.320 e. The van der Waals surface area contributed by atoms with Crippen LogP contribution in [0.5, 0.6) is 0 Å². The molecule has 0 heterocycles. The lowest BCUT2D eigenvalue weighted by molar-refractivity contribution is -0.883. The van der Waals surface area contributed by atoms with Crippen LogP contribution >= 0.6 is 7.60 Å². The molecular formula is C30H61NO3P+. The maximum Gasteiger partial charge on any atom is 0.385 e. The van der Waals surface area contributed by atoms with E-state index in [4.69, 9.17) is 4.52 Å². The largest absolute Gasteiger partial charge is 0.385 e. The van der Waals surface area contributed by atoms with Gasteiger partial charge in [-0.05, 0) is 51.4 Å². The van der Waals surface area contributed by atoms with Gasteiger partial charge in [0.15, 0.2) is 5.78 Å². The molecule has 2 atom stereocenters. The molecule has 208 valence electrons. The fourth-order valence-corrected chi connectivity index (χ4v) is 6.65. The number of rotatable bonds is 26. The molecule has 35 heavy (non-hydrogen) atoms. The second-order valence-corrected chi connectivity index (χ2v) is 13.2. The van der Waals surface area contributed by atoms with Gasteiger partial charge in [0.2, 0.25) is 0 Å². The summed E-state index contributed by atoms with van der Waals surface area (Å²) in [6, 6.07) is 0. The molecule has 1 N–H and O–H groups in total. The monoisotopic (exact) mass is 514 g/mol. The zero-order chi connectivity index (χ0) is 26.3. The van der Waals surface area contributed by atoms with E-state index in [0.717, 1.165) is 19.3 Å². The molecule has 0 aliphatic rings. The first kappa shape index (κ1) is 34.6. The number of hydrogen-bond donors (Lipinski definition) is 1. The highest BCUT2D eigenvalue weighted by atomic mass is 31.2. The van der Waals surface area contributed by atoms with Crippen LogP contribution < -0.4 is 0 Å². The SMILES string of the molecule is C=CCCCCCCCCCC=CCCCCCCCCCCOP(=O)(O)C(CCC)[N+](C)(C)C. The Morgan fingerprint density at radius 2 is 1.14 bits per heavy atom. The van der Waals surface area contributed by atoms with E-state index in [0.29, 0.717) is 17.5 Å². The predicted molar refractivity (Wildman–Crippen MR) is 155 cm³/mol. The van der Waals surface area contributed by atoms with Crippen LogP contribution in [0.15, 0.2) is 24.8 Å². The van der Waals surface area contributed by atoms with E-state index in [1.807, 2.05) is 27.2 Å². The lowest BCUT2D eigenvalue weighted by atomic mass is 10.1. The van der Waals surface area contributed by atoms with Crippen molar-refractivity contribution in [1.29, 1.82) is 0 Å². The lowest BCUT2D eigenvalue weighted by Crippen LogP contribution is -2.45. The molecule has 0 spiro atoms. The van der Waals surface area contributed by atoms with Crippen LogP contribution in [0.25, 0.3) is 0 Å². The van der Waals surface area contributed by atoms with Gasteiger partial charge in [-0.2, -0.15) is 0 Å². The zero-order valence-corrected chi connectivity index (χ0v) is 24.9. The van der Waals surface area contributed by atoms with Gasteiger partial charge in [0.1, 0.15) is 0 Å². The van der Waals surface area contributed by atoms with Crippen molar-refractivity contribution in [3.63, 3.8) is 0 Å². The van der Waals surface area contributed by atoms with Crippen molar-refractivity contribution in [3.05, 3.63) is 24.8 Å². The fourth-order valence-electron chi connectivity index (χ4n) is 4.62. The highest BCUT2D eigenvalue weighted by molar-refractivity contribution is 7.53. The van der Waals surface area contributed by atoms with Crippen molar-refractivity contribution < 1.29 is 18.5 Å². The van der Waals surface area contributed by atoms with Crippen molar-refractivity contribution in [2.24, 2.45) is 0 Å². The van der Waals surface area contributed by atoms with Crippen LogP contribution in [-0.2, 0) is 9.09 Å². The third-order valence-electron chi connectivity index (χ3n) is 6.80.